The topological polar surface area (TPSA) is 74.7 Å². The van der Waals surface area contributed by atoms with E-state index in [1.807, 2.05) is 12.1 Å². The van der Waals surface area contributed by atoms with Gasteiger partial charge in [-0.3, -0.25) is 0 Å². The molecule has 2 aromatic rings. The fourth-order valence-electron chi connectivity index (χ4n) is 2.59. The number of alkyl halides is 3. The zero-order chi connectivity index (χ0) is 22.3. The van der Waals surface area contributed by atoms with E-state index in [-0.39, 0.29) is 12.4 Å². The molecule has 1 aliphatic heterocycles. The first-order chi connectivity index (χ1) is 14.1. The van der Waals surface area contributed by atoms with Crippen molar-refractivity contribution in [1.29, 1.82) is 0 Å². The fourth-order valence-corrected chi connectivity index (χ4v) is 2.75. The smallest absolute Gasteiger partial charge is 0.475 e. The number of carbonyl (C=O) groups is 1. The number of aromatic nitrogens is 1. The van der Waals surface area contributed by atoms with Gasteiger partial charge in [-0.15, -0.1) is 0 Å². The lowest BCUT2D eigenvalue weighted by Gasteiger charge is -2.32. The first-order valence-electron chi connectivity index (χ1n) is 8.88. The minimum atomic E-state index is -5.08. The highest BCUT2D eigenvalue weighted by Gasteiger charge is 2.38. The number of benzene rings is 1. The molecule has 0 radical (unpaired) electrons. The number of carboxylic acids is 1. The quantitative estimate of drug-likeness (QED) is 0.690. The van der Waals surface area contributed by atoms with E-state index in [0.717, 1.165) is 25.5 Å². The van der Waals surface area contributed by atoms with Crippen molar-refractivity contribution in [3.05, 3.63) is 52.8 Å². The van der Waals surface area contributed by atoms with Crippen molar-refractivity contribution >= 4 is 23.4 Å². The minimum absolute atomic E-state index is 0.122. The van der Waals surface area contributed by atoms with E-state index < -0.39 is 12.1 Å². The Morgan fingerprint density at radius 1 is 1.37 bits per heavy atom. The van der Waals surface area contributed by atoms with Crippen molar-refractivity contribution in [2.24, 2.45) is 0 Å². The molecule has 6 nitrogen and oxygen atoms in total. The summed E-state index contributed by atoms with van der Waals surface area (Å²) in [4.78, 5) is 15.6. The van der Waals surface area contributed by atoms with Crippen LogP contribution in [0.1, 0.15) is 12.5 Å². The molecule has 3 rings (SSSR count). The Morgan fingerprint density at radius 3 is 2.67 bits per heavy atom. The van der Waals surface area contributed by atoms with Gasteiger partial charge in [0.05, 0.1) is 0 Å². The predicted molar refractivity (Wildman–Crippen MR) is 103 cm³/mol. The highest BCUT2D eigenvalue weighted by Crippen LogP contribution is 2.20. The summed E-state index contributed by atoms with van der Waals surface area (Å²) in [6.45, 7) is 5.02. The molecule has 1 aromatic carbocycles. The molecule has 11 heteroatoms. The van der Waals surface area contributed by atoms with E-state index in [0.29, 0.717) is 22.5 Å². The second-order valence-electron chi connectivity index (χ2n) is 6.46. The second kappa shape index (κ2) is 10.4. The number of nitrogens with zero attached hydrogens (tertiary/aromatic N) is 2. The fraction of sp³-hybridized carbons (Fsp3) is 0.368. The first kappa shape index (κ1) is 23.7. The molecular formula is C19H20ClF4N3O3. The van der Waals surface area contributed by atoms with Gasteiger partial charge in [-0.1, -0.05) is 23.7 Å². The van der Waals surface area contributed by atoms with Crippen molar-refractivity contribution < 1.29 is 32.2 Å². The van der Waals surface area contributed by atoms with Gasteiger partial charge in [0.15, 0.2) is 0 Å². The van der Waals surface area contributed by atoms with Crippen LogP contribution in [0.15, 0.2) is 36.4 Å². The van der Waals surface area contributed by atoms with Crippen LogP contribution in [0.2, 0.25) is 5.02 Å². The molecular weight excluding hydrogens is 430 g/mol. The maximum atomic E-state index is 13.8. The lowest BCUT2D eigenvalue weighted by molar-refractivity contribution is -0.192. The molecule has 0 unspecified atom stereocenters. The van der Waals surface area contributed by atoms with Crippen LogP contribution in [-0.2, 0) is 11.4 Å². The number of halogens is 5. The summed E-state index contributed by atoms with van der Waals surface area (Å²) in [7, 11) is 0. The summed E-state index contributed by atoms with van der Waals surface area (Å²) in [6, 6.07) is 10.6. The molecule has 1 aliphatic rings. The molecule has 2 N–H and O–H groups in total. The zero-order valence-corrected chi connectivity index (χ0v) is 16.7. The monoisotopic (exact) mass is 449 g/mol. The van der Waals surface area contributed by atoms with Crippen molar-refractivity contribution in [3.63, 3.8) is 0 Å². The predicted octanol–water partition coefficient (Wildman–Crippen LogP) is 3.88. The number of piperazine rings is 1. The van der Waals surface area contributed by atoms with Crippen LogP contribution in [-0.4, -0.2) is 47.9 Å². The molecule has 1 fully saturated rings. The van der Waals surface area contributed by atoms with Gasteiger partial charge >= 0.3 is 12.1 Å². The molecule has 0 amide bonds. The highest BCUT2D eigenvalue weighted by atomic mass is 35.5. The van der Waals surface area contributed by atoms with Crippen LogP contribution in [0.3, 0.4) is 0 Å². The van der Waals surface area contributed by atoms with E-state index in [4.69, 9.17) is 26.2 Å². The Morgan fingerprint density at radius 2 is 2.07 bits per heavy atom. The van der Waals surface area contributed by atoms with E-state index in [1.54, 1.807) is 18.2 Å². The van der Waals surface area contributed by atoms with E-state index >= 15 is 0 Å². The molecule has 0 bridgehead atoms. The van der Waals surface area contributed by atoms with Crippen molar-refractivity contribution in [3.8, 4) is 5.88 Å². The summed E-state index contributed by atoms with van der Waals surface area (Å²) < 4.78 is 51.1. The number of ether oxygens (including phenoxy) is 1. The second-order valence-corrected chi connectivity index (χ2v) is 6.90. The van der Waals surface area contributed by atoms with Gasteiger partial charge in [0.2, 0.25) is 5.88 Å². The minimum Gasteiger partial charge on any atom is -0.475 e. The van der Waals surface area contributed by atoms with Gasteiger partial charge in [-0.25, -0.2) is 9.18 Å². The third kappa shape index (κ3) is 7.34. The third-order valence-electron chi connectivity index (χ3n) is 4.03. The Bertz CT molecular complexity index is 867. The average molecular weight is 450 g/mol. The van der Waals surface area contributed by atoms with Gasteiger partial charge in [0.25, 0.3) is 0 Å². The van der Waals surface area contributed by atoms with E-state index in [9.17, 15) is 17.6 Å². The molecule has 1 atom stereocenters. The van der Waals surface area contributed by atoms with Crippen LogP contribution in [0.5, 0.6) is 5.88 Å². The van der Waals surface area contributed by atoms with Crippen molar-refractivity contribution in [2.45, 2.75) is 25.7 Å². The van der Waals surface area contributed by atoms with Gasteiger partial charge in [-0.05, 0) is 25.1 Å². The maximum Gasteiger partial charge on any atom is 0.490 e. The lowest BCUT2D eigenvalue weighted by Crippen LogP contribution is -2.49. The van der Waals surface area contributed by atoms with Crippen LogP contribution in [0.4, 0.5) is 23.4 Å². The molecule has 2 heterocycles. The number of aliphatic carboxylic acids is 1. The average Bonchev–Trinajstić information content (AvgIpc) is 2.67. The normalized spacial score (nSPS) is 16.5. The summed E-state index contributed by atoms with van der Waals surface area (Å²) in [5.41, 5.74) is 0.456. The van der Waals surface area contributed by atoms with Gasteiger partial charge in [0.1, 0.15) is 18.2 Å². The Kier molecular flexibility index (Phi) is 8.24. The molecule has 164 valence electrons. The van der Waals surface area contributed by atoms with Crippen LogP contribution in [0.25, 0.3) is 0 Å². The third-order valence-corrected chi connectivity index (χ3v) is 4.27. The standard InChI is InChI=1S/C17H19ClFN3O.C2HF3O2/c1-12-10-22(8-7-20-12)16-3-2-4-17(21-16)23-11-13-5-6-14(18)9-15(13)19;3-2(4,5)1(6)7/h2-6,9,12,20H,7-8,10-11H2,1H3;(H,6,7)/t12-;/m0./s1. The number of hydrogen-bond donors (Lipinski definition) is 2. The van der Waals surface area contributed by atoms with E-state index in [2.05, 4.69) is 22.1 Å². The summed E-state index contributed by atoms with van der Waals surface area (Å²) in [5, 5.41) is 10.9. The molecule has 30 heavy (non-hydrogen) atoms. The van der Waals surface area contributed by atoms with E-state index in [1.165, 1.54) is 6.07 Å². The molecule has 0 aliphatic carbocycles. The Balaban J connectivity index is 0.000000396. The molecule has 0 saturated carbocycles. The number of hydrogen-bond acceptors (Lipinski definition) is 5. The SMILES string of the molecule is C[C@H]1CN(c2cccc(OCc3ccc(Cl)cc3F)n2)CCN1.O=C(O)C(F)(F)F. The number of carboxylic acid groups (broad SMARTS) is 1. The van der Waals surface area contributed by atoms with Crippen molar-refractivity contribution in [1.82, 2.24) is 10.3 Å². The first-order valence-corrected chi connectivity index (χ1v) is 9.26. The highest BCUT2D eigenvalue weighted by molar-refractivity contribution is 6.30. The summed E-state index contributed by atoms with van der Waals surface area (Å²) in [6.07, 6.45) is -5.08. The van der Waals surface area contributed by atoms with Crippen LogP contribution < -0.4 is 15.0 Å². The molecule has 1 saturated heterocycles. The molecule has 0 spiro atoms. The van der Waals surface area contributed by atoms with Gasteiger partial charge in [-0.2, -0.15) is 18.2 Å². The lowest BCUT2D eigenvalue weighted by atomic mass is 10.2. The largest absolute Gasteiger partial charge is 0.490 e. The summed E-state index contributed by atoms with van der Waals surface area (Å²) >= 11 is 5.75. The number of rotatable bonds is 4. The Labute approximate surface area is 175 Å². The van der Waals surface area contributed by atoms with Crippen LogP contribution in [0, 0.1) is 5.82 Å². The number of pyridine rings is 1. The summed E-state index contributed by atoms with van der Waals surface area (Å²) in [5.74, 6) is -1.76. The Hall–Kier alpha value is -2.59. The maximum absolute atomic E-state index is 13.8. The van der Waals surface area contributed by atoms with Crippen molar-refractivity contribution in [2.75, 3.05) is 24.5 Å². The number of nitrogens with one attached hydrogen (secondary N) is 1. The zero-order valence-electron chi connectivity index (χ0n) is 15.9. The van der Waals surface area contributed by atoms with Gasteiger partial charge in [0, 0.05) is 42.3 Å². The molecule has 1 aromatic heterocycles. The van der Waals surface area contributed by atoms with Gasteiger partial charge < -0.3 is 20.1 Å². The van der Waals surface area contributed by atoms with Crippen LogP contribution >= 0.6 is 11.6 Å². The number of anilines is 1.